The van der Waals surface area contributed by atoms with E-state index in [0.717, 1.165) is 29.4 Å². The van der Waals surface area contributed by atoms with Crippen LogP contribution in [0.5, 0.6) is 5.75 Å². The van der Waals surface area contributed by atoms with Gasteiger partial charge in [0.1, 0.15) is 5.75 Å². The molecule has 102 valence electrons. The van der Waals surface area contributed by atoms with Crippen molar-refractivity contribution in [2.75, 3.05) is 6.61 Å². The molecule has 0 heterocycles. The maximum atomic E-state index is 6.02. The van der Waals surface area contributed by atoms with Crippen LogP contribution in [0.1, 0.15) is 39.2 Å². The molecule has 0 aliphatic rings. The molecule has 1 rings (SSSR count). The summed E-state index contributed by atoms with van der Waals surface area (Å²) in [7, 11) is 0. The standard InChI is InChI=1S/C15H24ClNO/c1-4-5-11(2)10-18-15-7-6-14(16)9-13(15)8-12(3)17/h6-7,9,11-12H,4-5,8,10,17H2,1-3H3. The molecule has 0 fully saturated rings. The van der Waals surface area contributed by atoms with Gasteiger partial charge in [0.25, 0.3) is 0 Å². The highest BCUT2D eigenvalue weighted by Crippen LogP contribution is 2.24. The van der Waals surface area contributed by atoms with E-state index in [1.165, 1.54) is 12.8 Å². The molecule has 2 atom stereocenters. The summed E-state index contributed by atoms with van der Waals surface area (Å²) in [5, 5.41) is 0.736. The third-order valence-electron chi connectivity index (χ3n) is 2.87. The molecule has 0 spiro atoms. The average molecular weight is 270 g/mol. The second-order valence-electron chi connectivity index (χ2n) is 5.14. The minimum absolute atomic E-state index is 0.110. The molecule has 0 radical (unpaired) electrons. The van der Waals surface area contributed by atoms with Crippen molar-refractivity contribution in [2.45, 2.75) is 46.1 Å². The van der Waals surface area contributed by atoms with Crippen molar-refractivity contribution in [2.24, 2.45) is 11.7 Å². The van der Waals surface area contributed by atoms with E-state index >= 15 is 0 Å². The predicted octanol–water partition coefficient (Wildman–Crippen LogP) is 4.04. The number of hydrogen-bond acceptors (Lipinski definition) is 2. The van der Waals surface area contributed by atoms with E-state index < -0.39 is 0 Å². The Hall–Kier alpha value is -0.730. The first kappa shape index (κ1) is 15.3. The molecule has 18 heavy (non-hydrogen) atoms. The quantitative estimate of drug-likeness (QED) is 0.811. The number of halogens is 1. The van der Waals surface area contributed by atoms with Crippen molar-refractivity contribution < 1.29 is 4.74 Å². The Kier molecular flexibility index (Phi) is 6.51. The molecule has 1 aromatic rings. The molecule has 0 saturated heterocycles. The largest absolute Gasteiger partial charge is 0.493 e. The maximum Gasteiger partial charge on any atom is 0.122 e. The lowest BCUT2D eigenvalue weighted by Crippen LogP contribution is -2.19. The Morgan fingerprint density at radius 3 is 2.67 bits per heavy atom. The first-order valence-corrected chi connectivity index (χ1v) is 7.07. The van der Waals surface area contributed by atoms with Crippen molar-refractivity contribution in [1.82, 2.24) is 0 Å². The topological polar surface area (TPSA) is 35.2 Å². The third-order valence-corrected chi connectivity index (χ3v) is 3.10. The summed E-state index contributed by atoms with van der Waals surface area (Å²) in [4.78, 5) is 0. The van der Waals surface area contributed by atoms with Gasteiger partial charge in [-0.25, -0.2) is 0 Å². The van der Waals surface area contributed by atoms with Gasteiger partial charge < -0.3 is 10.5 Å². The monoisotopic (exact) mass is 269 g/mol. The number of nitrogens with two attached hydrogens (primary N) is 1. The summed E-state index contributed by atoms with van der Waals surface area (Å²) in [6.45, 7) is 7.15. The molecule has 2 unspecified atom stereocenters. The van der Waals surface area contributed by atoms with Crippen LogP contribution in [0.4, 0.5) is 0 Å². The van der Waals surface area contributed by atoms with Gasteiger partial charge in [0.05, 0.1) is 6.61 Å². The summed E-state index contributed by atoms with van der Waals surface area (Å²) in [5.41, 5.74) is 6.95. The zero-order valence-electron chi connectivity index (χ0n) is 11.6. The molecular formula is C15H24ClNO. The Morgan fingerprint density at radius 2 is 2.06 bits per heavy atom. The van der Waals surface area contributed by atoms with Gasteiger partial charge in [0.15, 0.2) is 0 Å². The summed E-state index contributed by atoms with van der Waals surface area (Å²) in [6, 6.07) is 5.87. The van der Waals surface area contributed by atoms with Gasteiger partial charge >= 0.3 is 0 Å². The fraction of sp³-hybridized carbons (Fsp3) is 0.600. The lowest BCUT2D eigenvalue weighted by molar-refractivity contribution is 0.249. The number of ether oxygens (including phenoxy) is 1. The van der Waals surface area contributed by atoms with Crippen LogP contribution < -0.4 is 10.5 Å². The number of benzene rings is 1. The molecular weight excluding hydrogens is 246 g/mol. The summed E-state index contributed by atoms with van der Waals surface area (Å²) in [5.74, 6) is 1.49. The van der Waals surface area contributed by atoms with Crippen molar-refractivity contribution >= 4 is 11.6 Å². The second-order valence-corrected chi connectivity index (χ2v) is 5.57. The average Bonchev–Trinajstić information content (AvgIpc) is 2.27. The number of rotatable bonds is 7. The van der Waals surface area contributed by atoms with E-state index in [2.05, 4.69) is 13.8 Å². The summed E-state index contributed by atoms with van der Waals surface area (Å²) < 4.78 is 5.89. The highest BCUT2D eigenvalue weighted by molar-refractivity contribution is 6.30. The summed E-state index contributed by atoms with van der Waals surface area (Å²) >= 11 is 6.02. The van der Waals surface area contributed by atoms with Gasteiger partial charge in [0.2, 0.25) is 0 Å². The van der Waals surface area contributed by atoms with Gasteiger partial charge in [0, 0.05) is 11.1 Å². The lowest BCUT2D eigenvalue weighted by Gasteiger charge is -2.16. The van der Waals surface area contributed by atoms with Crippen LogP contribution >= 0.6 is 11.6 Å². The van der Waals surface area contributed by atoms with Crippen LogP contribution in [0.2, 0.25) is 5.02 Å². The lowest BCUT2D eigenvalue weighted by atomic mass is 10.1. The fourth-order valence-corrected chi connectivity index (χ4v) is 2.20. The molecule has 0 saturated carbocycles. The van der Waals surface area contributed by atoms with Gasteiger partial charge in [-0.2, -0.15) is 0 Å². The molecule has 0 amide bonds. The van der Waals surface area contributed by atoms with Crippen LogP contribution in [0, 0.1) is 5.92 Å². The normalized spacial score (nSPS) is 14.3. The van der Waals surface area contributed by atoms with Crippen LogP contribution in [-0.4, -0.2) is 12.6 Å². The minimum Gasteiger partial charge on any atom is -0.493 e. The molecule has 1 aromatic carbocycles. The van der Waals surface area contributed by atoms with Gasteiger partial charge in [-0.15, -0.1) is 0 Å². The fourth-order valence-electron chi connectivity index (χ4n) is 2.00. The predicted molar refractivity (Wildman–Crippen MR) is 78.4 cm³/mol. The van der Waals surface area contributed by atoms with Crippen LogP contribution in [0.15, 0.2) is 18.2 Å². The zero-order chi connectivity index (χ0) is 13.5. The van der Waals surface area contributed by atoms with Crippen LogP contribution in [-0.2, 0) is 6.42 Å². The van der Waals surface area contributed by atoms with E-state index in [1.807, 2.05) is 25.1 Å². The zero-order valence-corrected chi connectivity index (χ0v) is 12.3. The molecule has 3 heteroatoms. The molecule has 2 N–H and O–H groups in total. The second kappa shape index (κ2) is 7.65. The van der Waals surface area contributed by atoms with Gasteiger partial charge in [-0.1, -0.05) is 31.9 Å². The first-order valence-electron chi connectivity index (χ1n) is 6.69. The highest BCUT2D eigenvalue weighted by Gasteiger charge is 2.09. The SMILES string of the molecule is CCCC(C)COc1ccc(Cl)cc1CC(C)N. The van der Waals surface area contributed by atoms with Crippen molar-refractivity contribution in [1.29, 1.82) is 0 Å². The molecule has 0 bridgehead atoms. The minimum atomic E-state index is 0.110. The van der Waals surface area contributed by atoms with Crippen molar-refractivity contribution in [3.63, 3.8) is 0 Å². The highest BCUT2D eigenvalue weighted by atomic mass is 35.5. The van der Waals surface area contributed by atoms with Crippen molar-refractivity contribution in [3.05, 3.63) is 28.8 Å². The van der Waals surface area contributed by atoms with Crippen LogP contribution in [0.3, 0.4) is 0 Å². The Labute approximate surface area is 115 Å². The molecule has 0 aromatic heterocycles. The van der Waals surface area contributed by atoms with Gasteiger partial charge in [-0.05, 0) is 49.4 Å². The van der Waals surface area contributed by atoms with E-state index in [0.29, 0.717) is 5.92 Å². The van der Waals surface area contributed by atoms with Gasteiger partial charge in [-0.3, -0.25) is 0 Å². The molecule has 0 aliphatic heterocycles. The molecule has 0 aliphatic carbocycles. The van der Waals surface area contributed by atoms with Crippen LogP contribution in [0.25, 0.3) is 0 Å². The smallest absolute Gasteiger partial charge is 0.122 e. The first-order chi connectivity index (χ1) is 8.52. The van der Waals surface area contributed by atoms with E-state index in [4.69, 9.17) is 22.1 Å². The summed E-state index contributed by atoms with van der Waals surface area (Å²) in [6.07, 6.45) is 3.17. The Morgan fingerprint density at radius 1 is 1.33 bits per heavy atom. The van der Waals surface area contributed by atoms with Crippen molar-refractivity contribution in [3.8, 4) is 5.75 Å². The maximum absolute atomic E-state index is 6.02. The Bertz CT molecular complexity index is 366. The van der Waals surface area contributed by atoms with E-state index in [1.54, 1.807) is 0 Å². The third kappa shape index (κ3) is 5.28. The van der Waals surface area contributed by atoms with E-state index in [-0.39, 0.29) is 6.04 Å². The Balaban J connectivity index is 2.68. The molecule has 2 nitrogen and oxygen atoms in total. The number of hydrogen-bond donors (Lipinski definition) is 1. The van der Waals surface area contributed by atoms with E-state index in [9.17, 15) is 0 Å².